The zero-order valence-corrected chi connectivity index (χ0v) is 16.7. The van der Waals surface area contributed by atoms with Gasteiger partial charge in [0.1, 0.15) is 18.1 Å². The van der Waals surface area contributed by atoms with Crippen molar-refractivity contribution in [1.82, 2.24) is 4.90 Å². The van der Waals surface area contributed by atoms with Crippen LogP contribution in [0.25, 0.3) is 0 Å². The lowest BCUT2D eigenvalue weighted by molar-refractivity contribution is -0.149. The summed E-state index contributed by atoms with van der Waals surface area (Å²) in [4.78, 5) is 26.1. The third kappa shape index (κ3) is 5.13. The number of esters is 1. The zero-order chi connectivity index (χ0) is 19.2. The van der Waals surface area contributed by atoms with Crippen LogP contribution in [-0.2, 0) is 16.1 Å². The van der Waals surface area contributed by atoms with Gasteiger partial charge in [0, 0.05) is 17.6 Å². The van der Waals surface area contributed by atoms with Gasteiger partial charge in [-0.3, -0.25) is 9.59 Å². The molecule has 0 radical (unpaired) electrons. The molecule has 27 heavy (non-hydrogen) atoms. The number of amides is 1. The minimum Gasteiger partial charge on any atom is -0.486 e. The molecule has 2 heterocycles. The van der Waals surface area contributed by atoms with Crippen LogP contribution < -0.4 is 4.74 Å². The summed E-state index contributed by atoms with van der Waals surface area (Å²) in [5.74, 6) is 1.15. The Morgan fingerprint density at radius 1 is 1.15 bits per heavy atom. The van der Waals surface area contributed by atoms with Crippen LogP contribution in [0.3, 0.4) is 0 Å². The highest BCUT2D eigenvalue weighted by molar-refractivity contribution is 9.10. The van der Waals surface area contributed by atoms with E-state index in [-0.39, 0.29) is 24.4 Å². The van der Waals surface area contributed by atoms with Crippen molar-refractivity contribution in [3.05, 3.63) is 52.4 Å². The smallest absolute Gasteiger partial charge is 0.309 e. The number of carbonyl (C=O) groups excluding carboxylic acids is 2. The number of hydrogen-bond donors (Lipinski definition) is 0. The summed E-state index contributed by atoms with van der Waals surface area (Å²) >= 11 is 3.38. The summed E-state index contributed by atoms with van der Waals surface area (Å²) in [6, 6.07) is 10.9. The van der Waals surface area contributed by atoms with Gasteiger partial charge in [0.05, 0.1) is 12.5 Å². The van der Waals surface area contributed by atoms with Gasteiger partial charge < -0.3 is 18.8 Å². The number of halogens is 1. The molecule has 1 saturated heterocycles. The van der Waals surface area contributed by atoms with Crippen molar-refractivity contribution in [2.75, 3.05) is 19.7 Å². The van der Waals surface area contributed by atoms with Crippen molar-refractivity contribution < 1.29 is 23.5 Å². The Morgan fingerprint density at radius 2 is 1.85 bits per heavy atom. The van der Waals surface area contributed by atoms with E-state index in [4.69, 9.17) is 13.9 Å². The van der Waals surface area contributed by atoms with Gasteiger partial charge in [-0.15, -0.1) is 0 Å². The summed E-state index contributed by atoms with van der Waals surface area (Å²) in [5.41, 5.74) is 0. The molecule has 6 nitrogen and oxygen atoms in total. The standard InChI is InChI=1S/C20H22BrNO5/c1-2-25-20(24)14-9-11-22(12-10-14)19(23)18-8-7-17(27-18)13-26-16-5-3-15(21)4-6-16/h3-8,14H,2,9-13H2,1H3. The highest BCUT2D eigenvalue weighted by Crippen LogP contribution is 2.22. The molecule has 0 atom stereocenters. The van der Waals surface area contributed by atoms with E-state index in [9.17, 15) is 9.59 Å². The summed E-state index contributed by atoms with van der Waals surface area (Å²) in [7, 11) is 0. The van der Waals surface area contributed by atoms with Crippen molar-refractivity contribution in [2.24, 2.45) is 5.92 Å². The van der Waals surface area contributed by atoms with Gasteiger partial charge in [-0.2, -0.15) is 0 Å². The Kier molecular flexibility index (Phi) is 6.55. The third-order valence-electron chi connectivity index (χ3n) is 4.47. The lowest BCUT2D eigenvalue weighted by atomic mass is 9.97. The van der Waals surface area contributed by atoms with Crippen LogP contribution in [0.1, 0.15) is 36.1 Å². The fraction of sp³-hybridized carbons (Fsp3) is 0.400. The SMILES string of the molecule is CCOC(=O)C1CCN(C(=O)c2ccc(COc3ccc(Br)cc3)o2)CC1. The second kappa shape index (κ2) is 9.08. The average molecular weight is 436 g/mol. The van der Waals surface area contributed by atoms with Crippen LogP contribution in [0.15, 0.2) is 45.3 Å². The Hall–Kier alpha value is -2.28. The lowest BCUT2D eigenvalue weighted by Crippen LogP contribution is -2.40. The molecule has 0 bridgehead atoms. The number of carbonyl (C=O) groups is 2. The van der Waals surface area contributed by atoms with E-state index in [1.807, 2.05) is 24.3 Å². The summed E-state index contributed by atoms with van der Waals surface area (Å²) < 4.78 is 17.3. The minimum atomic E-state index is -0.171. The van der Waals surface area contributed by atoms with E-state index in [0.717, 1.165) is 10.2 Å². The number of likely N-dealkylation sites (tertiary alicyclic amines) is 1. The predicted molar refractivity (Wildman–Crippen MR) is 102 cm³/mol. The molecule has 7 heteroatoms. The Labute approximate surface area is 166 Å². The molecular weight excluding hydrogens is 414 g/mol. The maximum absolute atomic E-state index is 12.6. The van der Waals surface area contributed by atoms with E-state index < -0.39 is 0 Å². The van der Waals surface area contributed by atoms with Crippen LogP contribution in [0.2, 0.25) is 0 Å². The van der Waals surface area contributed by atoms with Crippen LogP contribution >= 0.6 is 15.9 Å². The summed E-state index contributed by atoms with van der Waals surface area (Å²) in [6.07, 6.45) is 1.23. The van der Waals surface area contributed by atoms with Crippen LogP contribution in [0, 0.1) is 5.92 Å². The van der Waals surface area contributed by atoms with Crippen LogP contribution in [-0.4, -0.2) is 36.5 Å². The molecule has 1 aliphatic rings. The molecule has 3 rings (SSSR count). The highest BCUT2D eigenvalue weighted by atomic mass is 79.9. The predicted octanol–water partition coefficient (Wildman–Crippen LogP) is 4.04. The monoisotopic (exact) mass is 435 g/mol. The van der Waals surface area contributed by atoms with Gasteiger partial charge in [-0.1, -0.05) is 15.9 Å². The largest absolute Gasteiger partial charge is 0.486 e. The molecule has 0 unspecified atom stereocenters. The maximum atomic E-state index is 12.6. The van der Waals surface area contributed by atoms with Gasteiger partial charge in [0.25, 0.3) is 5.91 Å². The first-order chi connectivity index (χ1) is 13.1. The number of furan rings is 1. The van der Waals surface area contributed by atoms with Crippen LogP contribution in [0.4, 0.5) is 0 Å². The minimum absolute atomic E-state index is 0.125. The van der Waals surface area contributed by atoms with Gasteiger partial charge in [-0.25, -0.2) is 0 Å². The normalized spacial score (nSPS) is 14.8. The van der Waals surface area contributed by atoms with E-state index in [1.54, 1.807) is 24.0 Å². The van der Waals surface area contributed by atoms with Crippen molar-refractivity contribution in [2.45, 2.75) is 26.4 Å². The number of nitrogens with zero attached hydrogens (tertiary/aromatic N) is 1. The molecule has 1 amide bonds. The van der Waals surface area contributed by atoms with Gasteiger partial charge >= 0.3 is 5.97 Å². The number of rotatable bonds is 6. The molecule has 2 aromatic rings. The molecule has 0 saturated carbocycles. The van der Waals surface area contributed by atoms with Gasteiger partial charge in [0.15, 0.2) is 5.76 Å². The van der Waals surface area contributed by atoms with Crippen molar-refractivity contribution in [3.63, 3.8) is 0 Å². The van der Waals surface area contributed by atoms with Gasteiger partial charge in [-0.05, 0) is 56.2 Å². The first-order valence-corrected chi connectivity index (χ1v) is 9.79. The quantitative estimate of drug-likeness (QED) is 0.640. The number of benzene rings is 1. The molecule has 1 aliphatic heterocycles. The fourth-order valence-corrected chi connectivity index (χ4v) is 3.25. The lowest BCUT2D eigenvalue weighted by Gasteiger charge is -2.30. The fourth-order valence-electron chi connectivity index (χ4n) is 2.99. The van der Waals surface area contributed by atoms with Crippen molar-refractivity contribution in [1.29, 1.82) is 0 Å². The van der Waals surface area contributed by atoms with E-state index in [1.165, 1.54) is 0 Å². The second-order valence-electron chi connectivity index (χ2n) is 6.33. The first-order valence-electron chi connectivity index (χ1n) is 9.00. The zero-order valence-electron chi connectivity index (χ0n) is 15.2. The van der Waals surface area contributed by atoms with Crippen molar-refractivity contribution >= 4 is 27.8 Å². The molecule has 0 spiro atoms. The van der Waals surface area contributed by atoms with Gasteiger partial charge in [0.2, 0.25) is 0 Å². The Morgan fingerprint density at radius 3 is 2.52 bits per heavy atom. The molecular formula is C20H22BrNO5. The summed E-state index contributed by atoms with van der Waals surface area (Å²) in [5, 5.41) is 0. The highest BCUT2D eigenvalue weighted by Gasteiger charge is 2.29. The molecule has 144 valence electrons. The maximum Gasteiger partial charge on any atom is 0.309 e. The Balaban J connectivity index is 1.51. The average Bonchev–Trinajstić information content (AvgIpc) is 3.16. The molecule has 0 N–H and O–H groups in total. The molecule has 1 fully saturated rings. The van der Waals surface area contributed by atoms with E-state index >= 15 is 0 Å². The number of ether oxygens (including phenoxy) is 2. The number of hydrogen-bond acceptors (Lipinski definition) is 5. The summed E-state index contributed by atoms with van der Waals surface area (Å²) in [6.45, 7) is 3.47. The molecule has 0 aliphatic carbocycles. The van der Waals surface area contributed by atoms with Crippen LogP contribution in [0.5, 0.6) is 5.75 Å². The topological polar surface area (TPSA) is 69.0 Å². The number of piperidine rings is 1. The molecule has 1 aromatic carbocycles. The Bertz CT molecular complexity index is 778. The second-order valence-corrected chi connectivity index (χ2v) is 7.24. The van der Waals surface area contributed by atoms with Crippen molar-refractivity contribution in [3.8, 4) is 5.75 Å². The molecule has 1 aromatic heterocycles. The van der Waals surface area contributed by atoms with E-state index in [0.29, 0.717) is 44.1 Å². The van der Waals surface area contributed by atoms with E-state index in [2.05, 4.69) is 15.9 Å². The third-order valence-corrected chi connectivity index (χ3v) is 5.00. The first kappa shape index (κ1) is 19.5.